The molecule has 0 unspecified atom stereocenters. The summed E-state index contributed by atoms with van der Waals surface area (Å²) >= 11 is 0. The van der Waals surface area contributed by atoms with Gasteiger partial charge in [0.15, 0.2) is 0 Å². The van der Waals surface area contributed by atoms with Crippen LogP contribution in [0.25, 0.3) is 0 Å². The van der Waals surface area contributed by atoms with E-state index in [1.165, 1.54) is 28.6 Å². The van der Waals surface area contributed by atoms with Crippen LogP contribution < -0.4 is 4.31 Å². The molecule has 0 aliphatic rings. The molecular weight excluding hydrogens is 217 g/mol. The fourth-order valence-corrected chi connectivity index (χ4v) is 2.45. The Bertz CT molecular complexity index is 414. The van der Waals surface area contributed by atoms with Gasteiger partial charge in [-0.15, -0.1) is 0 Å². The second-order valence-corrected chi connectivity index (χ2v) is 5.22. The molecule has 1 rings (SSSR count). The molecule has 5 heteroatoms. The lowest BCUT2D eigenvalue weighted by Crippen LogP contribution is -2.31. The van der Waals surface area contributed by atoms with Gasteiger partial charge in [-0.2, -0.15) is 0 Å². The molecule has 0 aromatic heterocycles. The van der Waals surface area contributed by atoms with Crippen molar-refractivity contribution < 1.29 is 12.8 Å². The number of anilines is 1. The first-order chi connectivity index (χ1) is 7.01. The van der Waals surface area contributed by atoms with Gasteiger partial charge in [0.1, 0.15) is 5.82 Å². The minimum atomic E-state index is -3.27. The van der Waals surface area contributed by atoms with Gasteiger partial charge in [-0.05, 0) is 38.1 Å². The zero-order valence-corrected chi connectivity index (χ0v) is 9.59. The molecular formula is C10H14FNO2S. The summed E-state index contributed by atoms with van der Waals surface area (Å²) in [5, 5.41) is 0. The summed E-state index contributed by atoms with van der Waals surface area (Å²) in [5.74, 6) is -0.332. The van der Waals surface area contributed by atoms with Gasteiger partial charge in [-0.3, -0.25) is 4.31 Å². The number of halogens is 1. The first-order valence-electron chi connectivity index (χ1n) is 4.77. The van der Waals surface area contributed by atoms with Crippen LogP contribution in [0, 0.1) is 5.82 Å². The number of sulfonamides is 1. The molecule has 3 nitrogen and oxygen atoms in total. The van der Waals surface area contributed by atoms with E-state index in [0.717, 1.165) is 0 Å². The Hall–Kier alpha value is -1.10. The highest BCUT2D eigenvalue weighted by molar-refractivity contribution is 7.92. The van der Waals surface area contributed by atoms with Crippen molar-refractivity contribution in [1.29, 1.82) is 0 Å². The molecule has 0 amide bonds. The van der Waals surface area contributed by atoms with Crippen LogP contribution in [0.1, 0.15) is 13.8 Å². The second kappa shape index (κ2) is 4.61. The minimum absolute atomic E-state index is 0.0399. The minimum Gasteiger partial charge on any atom is -0.271 e. The lowest BCUT2D eigenvalue weighted by molar-refractivity contribution is 0.592. The monoisotopic (exact) mass is 231 g/mol. The van der Waals surface area contributed by atoms with Crippen molar-refractivity contribution in [3.05, 3.63) is 30.1 Å². The Kier molecular flexibility index (Phi) is 3.68. The highest BCUT2D eigenvalue weighted by atomic mass is 32.2. The van der Waals surface area contributed by atoms with Gasteiger partial charge < -0.3 is 0 Å². The number of rotatable bonds is 4. The summed E-state index contributed by atoms with van der Waals surface area (Å²) in [5.41, 5.74) is 0.501. The smallest absolute Gasteiger partial charge is 0.234 e. The summed E-state index contributed by atoms with van der Waals surface area (Å²) < 4.78 is 37.2. The lowest BCUT2D eigenvalue weighted by Gasteiger charge is -2.21. The maximum Gasteiger partial charge on any atom is 0.234 e. The summed E-state index contributed by atoms with van der Waals surface area (Å²) in [6.45, 7) is 3.68. The van der Waals surface area contributed by atoms with E-state index in [1.807, 2.05) is 0 Å². The molecule has 84 valence electrons. The Morgan fingerprint density at radius 3 is 2.13 bits per heavy atom. The van der Waals surface area contributed by atoms with Crippen molar-refractivity contribution in [3.8, 4) is 0 Å². The van der Waals surface area contributed by atoms with Crippen molar-refractivity contribution in [1.82, 2.24) is 0 Å². The molecule has 0 bridgehead atoms. The zero-order valence-electron chi connectivity index (χ0n) is 8.77. The highest BCUT2D eigenvalue weighted by Crippen LogP contribution is 2.18. The predicted octanol–water partition coefficient (Wildman–Crippen LogP) is 2.00. The fraction of sp³-hybridized carbons (Fsp3) is 0.400. The predicted molar refractivity (Wildman–Crippen MR) is 58.9 cm³/mol. The van der Waals surface area contributed by atoms with Crippen molar-refractivity contribution in [2.45, 2.75) is 13.8 Å². The van der Waals surface area contributed by atoms with Crippen LogP contribution in [-0.2, 0) is 10.0 Å². The van der Waals surface area contributed by atoms with Crippen LogP contribution in [0.5, 0.6) is 0 Å². The van der Waals surface area contributed by atoms with Gasteiger partial charge in [0, 0.05) is 6.54 Å². The third kappa shape index (κ3) is 2.68. The van der Waals surface area contributed by atoms with E-state index in [2.05, 4.69) is 0 Å². The van der Waals surface area contributed by atoms with E-state index in [9.17, 15) is 12.8 Å². The zero-order chi connectivity index (χ0) is 11.5. The molecule has 0 atom stereocenters. The van der Waals surface area contributed by atoms with Crippen molar-refractivity contribution in [2.24, 2.45) is 0 Å². The normalized spacial score (nSPS) is 11.4. The molecule has 0 saturated heterocycles. The molecule has 1 aromatic rings. The van der Waals surface area contributed by atoms with E-state index in [0.29, 0.717) is 12.2 Å². The number of benzene rings is 1. The summed E-state index contributed by atoms with van der Waals surface area (Å²) in [7, 11) is -3.27. The molecule has 1 aromatic carbocycles. The van der Waals surface area contributed by atoms with Gasteiger partial charge in [0.2, 0.25) is 10.0 Å². The first kappa shape index (κ1) is 12.0. The molecule has 0 aliphatic heterocycles. The van der Waals surface area contributed by atoms with Gasteiger partial charge in [0.25, 0.3) is 0 Å². The van der Waals surface area contributed by atoms with Crippen LogP contribution in [-0.4, -0.2) is 20.7 Å². The molecule has 0 radical (unpaired) electrons. The Balaban J connectivity index is 3.09. The van der Waals surface area contributed by atoms with Crippen LogP contribution in [0.2, 0.25) is 0 Å². The van der Waals surface area contributed by atoms with Crippen LogP contribution in [0.4, 0.5) is 10.1 Å². The van der Waals surface area contributed by atoms with Crippen molar-refractivity contribution in [2.75, 3.05) is 16.6 Å². The molecule has 0 saturated carbocycles. The maximum absolute atomic E-state index is 12.7. The number of hydrogen-bond acceptors (Lipinski definition) is 2. The standard InChI is InChI=1S/C10H14FNO2S/c1-3-12(15(13,14)4-2)10-7-5-9(11)6-8-10/h5-8H,3-4H2,1-2H3. The van der Waals surface area contributed by atoms with Gasteiger partial charge in [-0.25, -0.2) is 12.8 Å². The maximum atomic E-state index is 12.7. The van der Waals surface area contributed by atoms with E-state index >= 15 is 0 Å². The van der Waals surface area contributed by atoms with Crippen molar-refractivity contribution in [3.63, 3.8) is 0 Å². The third-order valence-corrected chi connectivity index (χ3v) is 3.97. The SMILES string of the molecule is CCN(c1ccc(F)cc1)S(=O)(=O)CC. The molecule has 0 spiro atoms. The lowest BCUT2D eigenvalue weighted by atomic mass is 10.3. The molecule has 0 aliphatic carbocycles. The number of nitrogens with zero attached hydrogens (tertiary/aromatic N) is 1. The van der Waals surface area contributed by atoms with E-state index in [4.69, 9.17) is 0 Å². The summed E-state index contributed by atoms with van der Waals surface area (Å²) in [6.07, 6.45) is 0. The van der Waals surface area contributed by atoms with Crippen LogP contribution in [0.15, 0.2) is 24.3 Å². The second-order valence-electron chi connectivity index (χ2n) is 3.04. The molecule has 0 fully saturated rings. The van der Waals surface area contributed by atoms with E-state index in [1.54, 1.807) is 13.8 Å². The van der Waals surface area contributed by atoms with Crippen LogP contribution >= 0.6 is 0 Å². The Labute approximate surface area is 89.6 Å². The molecule has 0 N–H and O–H groups in total. The number of hydrogen-bond donors (Lipinski definition) is 0. The quantitative estimate of drug-likeness (QED) is 0.794. The van der Waals surface area contributed by atoms with Gasteiger partial charge in [0.05, 0.1) is 11.4 Å². The van der Waals surface area contributed by atoms with Crippen LogP contribution in [0.3, 0.4) is 0 Å². The van der Waals surface area contributed by atoms with Gasteiger partial charge >= 0.3 is 0 Å². The molecule has 0 heterocycles. The largest absolute Gasteiger partial charge is 0.271 e. The average Bonchev–Trinajstić information content (AvgIpc) is 2.22. The Morgan fingerprint density at radius 1 is 1.20 bits per heavy atom. The summed E-state index contributed by atoms with van der Waals surface area (Å²) in [6, 6.07) is 5.43. The highest BCUT2D eigenvalue weighted by Gasteiger charge is 2.18. The summed E-state index contributed by atoms with van der Waals surface area (Å²) in [4.78, 5) is 0. The fourth-order valence-electron chi connectivity index (χ4n) is 1.30. The Morgan fingerprint density at radius 2 is 1.73 bits per heavy atom. The van der Waals surface area contributed by atoms with Gasteiger partial charge in [-0.1, -0.05) is 0 Å². The first-order valence-corrected chi connectivity index (χ1v) is 6.38. The molecule has 15 heavy (non-hydrogen) atoms. The van der Waals surface area contributed by atoms with E-state index in [-0.39, 0.29) is 11.6 Å². The topological polar surface area (TPSA) is 37.4 Å². The average molecular weight is 231 g/mol. The van der Waals surface area contributed by atoms with E-state index < -0.39 is 10.0 Å². The third-order valence-electron chi connectivity index (χ3n) is 2.10. The van der Waals surface area contributed by atoms with Crippen molar-refractivity contribution >= 4 is 15.7 Å².